The first kappa shape index (κ1) is 13.5. The molecule has 0 radical (unpaired) electrons. The largest absolute Gasteiger partial charge is 0.288 e. The second-order valence-electron chi connectivity index (χ2n) is 4.55. The number of benzene rings is 2. The summed E-state index contributed by atoms with van der Waals surface area (Å²) in [5.41, 5.74) is 1.23. The van der Waals surface area contributed by atoms with Crippen LogP contribution in [0.3, 0.4) is 0 Å². The van der Waals surface area contributed by atoms with Crippen molar-refractivity contribution in [2.45, 2.75) is 0 Å². The van der Waals surface area contributed by atoms with Gasteiger partial charge in [-0.2, -0.15) is 0 Å². The second-order valence-corrected chi connectivity index (χ2v) is 4.99. The summed E-state index contributed by atoms with van der Waals surface area (Å²) in [5, 5.41) is 2.69. The first-order chi connectivity index (χ1) is 10.1. The number of carbonyl (C=O) groups is 2. The molecule has 0 aliphatic carbocycles. The van der Waals surface area contributed by atoms with Crippen LogP contribution in [0.2, 0.25) is 5.02 Å². The Bertz CT molecular complexity index is 733. The van der Waals surface area contributed by atoms with Crippen molar-refractivity contribution in [3.05, 3.63) is 70.5 Å². The third kappa shape index (κ3) is 2.45. The Balaban J connectivity index is 2.25. The van der Waals surface area contributed by atoms with Gasteiger partial charge in [0, 0.05) is 5.02 Å². The lowest BCUT2D eigenvalue weighted by atomic mass is 9.96. The van der Waals surface area contributed by atoms with E-state index >= 15 is 0 Å². The number of carbonyl (C=O) groups excluding carboxylic acids is 2. The van der Waals surface area contributed by atoms with E-state index in [1.807, 2.05) is 0 Å². The van der Waals surface area contributed by atoms with E-state index in [2.05, 4.69) is 5.32 Å². The molecule has 0 bridgehead atoms. The fourth-order valence-corrected chi connectivity index (χ4v) is 2.48. The molecule has 2 aromatic carbocycles. The molecular weight excluding hydrogens is 293 g/mol. The van der Waals surface area contributed by atoms with Crippen LogP contribution in [-0.2, 0) is 9.59 Å². The van der Waals surface area contributed by atoms with Crippen LogP contribution in [-0.4, -0.2) is 11.8 Å². The average Bonchev–Trinajstić information content (AvgIpc) is 2.73. The van der Waals surface area contributed by atoms with Crippen LogP contribution >= 0.6 is 11.6 Å². The monoisotopic (exact) mass is 301 g/mol. The summed E-state index contributed by atoms with van der Waals surface area (Å²) in [5.74, 6) is -1.53. The zero-order valence-electron chi connectivity index (χ0n) is 10.7. The third-order valence-corrected chi connectivity index (χ3v) is 3.39. The SMILES string of the molecule is O=C1NC(=O)C(c2cccc(Cl)c2)=C1c1cccc(F)c1. The van der Waals surface area contributed by atoms with E-state index in [1.165, 1.54) is 18.2 Å². The van der Waals surface area contributed by atoms with Gasteiger partial charge in [0.25, 0.3) is 11.8 Å². The molecule has 0 atom stereocenters. The molecule has 0 unspecified atom stereocenters. The number of imide groups is 1. The van der Waals surface area contributed by atoms with Gasteiger partial charge in [-0.1, -0.05) is 35.9 Å². The molecule has 2 aromatic rings. The van der Waals surface area contributed by atoms with E-state index < -0.39 is 17.6 Å². The Morgan fingerprint density at radius 2 is 1.43 bits per heavy atom. The van der Waals surface area contributed by atoms with Crippen molar-refractivity contribution in [3.8, 4) is 0 Å². The fourth-order valence-electron chi connectivity index (χ4n) is 2.29. The summed E-state index contributed by atoms with van der Waals surface area (Å²) in [6, 6.07) is 12.2. The molecule has 0 aromatic heterocycles. The molecular formula is C16H9ClFNO2. The smallest absolute Gasteiger partial charge is 0.259 e. The van der Waals surface area contributed by atoms with Gasteiger partial charge >= 0.3 is 0 Å². The summed E-state index contributed by atoms with van der Waals surface area (Å²) in [7, 11) is 0. The van der Waals surface area contributed by atoms with Crippen LogP contribution in [0.4, 0.5) is 4.39 Å². The molecule has 0 saturated carbocycles. The second kappa shape index (κ2) is 5.14. The van der Waals surface area contributed by atoms with Gasteiger partial charge in [0.05, 0.1) is 11.1 Å². The highest BCUT2D eigenvalue weighted by Crippen LogP contribution is 2.32. The molecule has 0 spiro atoms. The molecule has 21 heavy (non-hydrogen) atoms. The van der Waals surface area contributed by atoms with Crippen molar-refractivity contribution in [2.24, 2.45) is 0 Å². The number of halogens is 2. The van der Waals surface area contributed by atoms with Crippen LogP contribution < -0.4 is 5.32 Å². The number of hydrogen-bond acceptors (Lipinski definition) is 2. The minimum Gasteiger partial charge on any atom is -0.288 e. The van der Waals surface area contributed by atoms with Crippen molar-refractivity contribution in [3.63, 3.8) is 0 Å². The summed E-state index contributed by atoms with van der Waals surface area (Å²) in [6.45, 7) is 0. The predicted molar refractivity (Wildman–Crippen MR) is 77.8 cm³/mol. The van der Waals surface area contributed by atoms with E-state index in [4.69, 9.17) is 11.6 Å². The first-order valence-electron chi connectivity index (χ1n) is 6.18. The lowest BCUT2D eigenvalue weighted by Crippen LogP contribution is -2.22. The standard InChI is InChI=1S/C16H9ClFNO2/c17-11-5-1-3-9(7-11)13-14(16(21)19-15(13)20)10-4-2-6-12(18)8-10/h1-8H,(H,19,20,21). The van der Waals surface area contributed by atoms with Crippen LogP contribution in [0.25, 0.3) is 11.1 Å². The van der Waals surface area contributed by atoms with Gasteiger partial charge in [0.2, 0.25) is 0 Å². The van der Waals surface area contributed by atoms with Gasteiger partial charge in [0.15, 0.2) is 0 Å². The molecule has 0 saturated heterocycles. The molecule has 104 valence electrons. The molecule has 1 heterocycles. The van der Waals surface area contributed by atoms with Gasteiger partial charge in [0.1, 0.15) is 5.82 Å². The molecule has 2 amide bonds. The Morgan fingerprint density at radius 1 is 0.857 bits per heavy atom. The van der Waals surface area contributed by atoms with Crippen LogP contribution in [0.5, 0.6) is 0 Å². The van der Waals surface area contributed by atoms with Crippen molar-refractivity contribution >= 4 is 34.6 Å². The van der Waals surface area contributed by atoms with Gasteiger partial charge < -0.3 is 0 Å². The quantitative estimate of drug-likeness (QED) is 0.867. The summed E-state index contributed by atoms with van der Waals surface area (Å²) in [6.07, 6.45) is 0. The Hall–Kier alpha value is -2.46. The van der Waals surface area contributed by atoms with Crippen LogP contribution in [0.15, 0.2) is 48.5 Å². The molecule has 1 aliphatic heterocycles. The van der Waals surface area contributed by atoms with Crippen molar-refractivity contribution in [1.82, 2.24) is 5.32 Å². The molecule has 3 nitrogen and oxygen atoms in total. The first-order valence-corrected chi connectivity index (χ1v) is 6.56. The maximum absolute atomic E-state index is 13.4. The van der Waals surface area contributed by atoms with Crippen molar-refractivity contribution in [2.75, 3.05) is 0 Å². The zero-order chi connectivity index (χ0) is 15.0. The summed E-state index contributed by atoms with van der Waals surface area (Å²) in [4.78, 5) is 24.1. The maximum atomic E-state index is 13.4. The molecule has 3 rings (SSSR count). The molecule has 0 fully saturated rings. The van der Waals surface area contributed by atoms with E-state index in [0.717, 1.165) is 0 Å². The lowest BCUT2D eigenvalue weighted by Gasteiger charge is -2.05. The third-order valence-electron chi connectivity index (χ3n) is 3.16. The molecule has 1 N–H and O–H groups in total. The minimum atomic E-state index is -0.541. The van der Waals surface area contributed by atoms with Gasteiger partial charge in [-0.05, 0) is 35.4 Å². The molecule has 5 heteroatoms. The van der Waals surface area contributed by atoms with Crippen LogP contribution in [0, 0.1) is 5.82 Å². The highest BCUT2D eigenvalue weighted by Gasteiger charge is 2.32. The topological polar surface area (TPSA) is 46.2 Å². The number of nitrogens with one attached hydrogen (secondary N) is 1. The van der Waals surface area contributed by atoms with E-state index in [9.17, 15) is 14.0 Å². The van der Waals surface area contributed by atoms with Gasteiger partial charge in [-0.25, -0.2) is 4.39 Å². The highest BCUT2D eigenvalue weighted by atomic mass is 35.5. The van der Waals surface area contributed by atoms with Crippen LogP contribution in [0.1, 0.15) is 11.1 Å². The van der Waals surface area contributed by atoms with E-state index in [-0.39, 0.29) is 11.1 Å². The summed E-state index contributed by atoms with van der Waals surface area (Å²) < 4.78 is 13.4. The number of rotatable bonds is 2. The van der Waals surface area contributed by atoms with Gasteiger partial charge in [-0.3, -0.25) is 14.9 Å². The number of hydrogen-bond donors (Lipinski definition) is 1. The van der Waals surface area contributed by atoms with Crippen molar-refractivity contribution in [1.29, 1.82) is 0 Å². The summed E-state index contributed by atoms with van der Waals surface area (Å²) >= 11 is 5.93. The fraction of sp³-hybridized carbons (Fsp3) is 0. The van der Waals surface area contributed by atoms with Gasteiger partial charge in [-0.15, -0.1) is 0 Å². The lowest BCUT2D eigenvalue weighted by molar-refractivity contribution is -0.122. The van der Waals surface area contributed by atoms with E-state index in [0.29, 0.717) is 16.1 Å². The predicted octanol–water partition coefficient (Wildman–Crippen LogP) is 3.05. The van der Waals surface area contributed by atoms with E-state index in [1.54, 1.807) is 30.3 Å². The van der Waals surface area contributed by atoms with Crippen molar-refractivity contribution < 1.29 is 14.0 Å². The Kier molecular flexibility index (Phi) is 3.31. The molecule has 1 aliphatic rings. The maximum Gasteiger partial charge on any atom is 0.259 e. The Morgan fingerprint density at radius 3 is 2.00 bits per heavy atom. The highest BCUT2D eigenvalue weighted by molar-refractivity contribution is 6.49. The minimum absolute atomic E-state index is 0.154. The zero-order valence-corrected chi connectivity index (χ0v) is 11.4. The number of amides is 2. The average molecular weight is 302 g/mol. The Labute approximate surface area is 125 Å². The normalized spacial score (nSPS) is 14.6.